The minimum Gasteiger partial charge on any atom is -0.693 e. The van der Waals surface area contributed by atoms with Gasteiger partial charge in [0, 0.05) is 0 Å². The summed E-state index contributed by atoms with van der Waals surface area (Å²) in [7, 11) is 0. The first-order valence-corrected chi connectivity index (χ1v) is 1.16. The molecule has 0 radical (unpaired) electrons. The number of carbonyl (C=O) groups excluding carboxylic acids is 2. The van der Waals surface area contributed by atoms with Crippen molar-refractivity contribution in [1.29, 1.82) is 0 Å². The summed E-state index contributed by atoms with van der Waals surface area (Å²) in [5, 5.41) is 11.7. The van der Waals surface area contributed by atoms with Crippen molar-refractivity contribution < 1.29 is 36.6 Å². The van der Waals surface area contributed by atoms with E-state index in [0.29, 0.717) is 0 Å². The summed E-state index contributed by atoms with van der Waals surface area (Å²) < 4.78 is 0. The van der Waals surface area contributed by atoms with Gasteiger partial charge in [-0.15, -0.1) is 0 Å². The summed E-state index contributed by atoms with van der Waals surface area (Å²) in [6, 6.07) is 0. The molecule has 0 amide bonds. The molecule has 0 atom stereocenters. The first-order chi connectivity index (χ1) is 2.64. The van der Waals surface area contributed by atoms with Crippen LogP contribution < -0.4 is 0 Å². The number of hydrogen-bond acceptors (Lipinski definition) is 2. The standard InChI is InChI=1S/C2H2O4.Co.4H2N/c3-1(4)2(5)6;;;;;/h(H,3,4)(H,5,6);;4*1H2/q;+3;4*-1/p+2. The van der Waals surface area contributed by atoms with E-state index >= 15 is 0 Å². The van der Waals surface area contributed by atoms with E-state index < -0.39 is 11.9 Å². The Morgan fingerprint density at radius 1 is 0.727 bits per heavy atom. The van der Waals surface area contributed by atoms with Crippen LogP contribution in [0.3, 0.4) is 0 Å². The summed E-state index contributed by atoms with van der Waals surface area (Å²) in [6.45, 7) is 0. The molecule has 0 aromatic heterocycles. The first-order valence-electron chi connectivity index (χ1n) is 1.16. The molecule has 12 N–H and O–H groups in total. The van der Waals surface area contributed by atoms with Crippen LogP contribution in [0, 0.1) is 0 Å². The van der Waals surface area contributed by atoms with E-state index in [2.05, 4.69) is 0 Å². The van der Waals surface area contributed by atoms with Gasteiger partial charge in [0.25, 0.3) is 0 Å². The second-order valence-corrected chi connectivity index (χ2v) is 0.658. The molecular formula is C2H12CoN4O4+. The van der Waals surface area contributed by atoms with Crippen molar-refractivity contribution in [2.24, 2.45) is 0 Å². The maximum Gasteiger partial charge on any atom is 3.00 e. The summed E-state index contributed by atoms with van der Waals surface area (Å²) in [5.74, 6) is -2.93. The van der Waals surface area contributed by atoms with Crippen LogP contribution in [0.25, 0.3) is 24.6 Å². The molecule has 0 heterocycles. The van der Waals surface area contributed by atoms with E-state index in [1.165, 1.54) is 0 Å². The molecule has 0 saturated carbocycles. The van der Waals surface area contributed by atoms with E-state index in [1.807, 2.05) is 0 Å². The van der Waals surface area contributed by atoms with Crippen molar-refractivity contribution >= 4 is 11.9 Å². The summed E-state index contributed by atoms with van der Waals surface area (Å²) in [6.07, 6.45) is 0. The third-order valence-corrected chi connectivity index (χ3v) is 0.206. The van der Waals surface area contributed by atoms with E-state index in [-0.39, 0.29) is 41.4 Å². The minimum atomic E-state index is -1.46. The van der Waals surface area contributed by atoms with Crippen LogP contribution >= 0.6 is 0 Å². The van der Waals surface area contributed by atoms with Gasteiger partial charge < -0.3 is 34.8 Å². The Morgan fingerprint density at radius 2 is 0.818 bits per heavy atom. The molecule has 11 heavy (non-hydrogen) atoms. The molecular weight excluding hydrogens is 203 g/mol. The zero-order valence-corrected chi connectivity index (χ0v) is 6.50. The molecule has 0 saturated heterocycles. The molecule has 0 aliphatic rings. The molecule has 0 aromatic rings. The fourth-order valence-corrected chi connectivity index (χ4v) is 0. The molecule has 0 aromatic carbocycles. The zero-order valence-electron chi connectivity index (χ0n) is 5.46. The number of nitrogens with two attached hydrogens (primary N) is 4. The SMILES string of the molecule is O=C([OH2+])C(=O)[OH2+].[Co+3].[NH2-].[NH2-].[NH2-].[NH2-]. The average Bonchev–Trinajstić information content (AvgIpc) is 1.36. The van der Waals surface area contributed by atoms with E-state index in [0.717, 1.165) is 0 Å². The van der Waals surface area contributed by atoms with Crippen molar-refractivity contribution in [3.8, 4) is 0 Å². The molecule has 0 aliphatic heterocycles. The van der Waals surface area contributed by atoms with Gasteiger partial charge in [0.05, 0.1) is 9.59 Å². The largest absolute Gasteiger partial charge is 3.00 e. The fourth-order valence-electron chi connectivity index (χ4n) is 0. The molecule has 72 valence electrons. The maximum atomic E-state index is 9.27. The average molecular weight is 215 g/mol. The van der Waals surface area contributed by atoms with E-state index in [1.54, 1.807) is 0 Å². The Balaban J connectivity index is -0.0000000125. The van der Waals surface area contributed by atoms with Crippen LogP contribution in [0.15, 0.2) is 0 Å². The molecule has 0 aliphatic carbocycles. The van der Waals surface area contributed by atoms with Crippen LogP contribution in [0.1, 0.15) is 0 Å². The second-order valence-electron chi connectivity index (χ2n) is 0.658. The van der Waals surface area contributed by atoms with Gasteiger partial charge in [-0.3, -0.25) is 0 Å². The van der Waals surface area contributed by atoms with Gasteiger partial charge in [0.1, 0.15) is 0 Å². The minimum absolute atomic E-state index is 0. The normalized spacial score (nSPS) is 4.00. The fraction of sp³-hybridized carbons (Fsp3) is 0. The monoisotopic (exact) mass is 215 g/mol. The predicted octanol–water partition coefficient (Wildman–Crippen LogP) is 0.355. The van der Waals surface area contributed by atoms with E-state index in [4.69, 9.17) is 10.2 Å². The van der Waals surface area contributed by atoms with Crippen molar-refractivity contribution in [3.63, 3.8) is 0 Å². The molecule has 8 nitrogen and oxygen atoms in total. The molecule has 9 heteroatoms. The summed E-state index contributed by atoms with van der Waals surface area (Å²) >= 11 is 0. The molecule has 0 spiro atoms. The number of hydrogen-bond donors (Lipinski definition) is 0. The third kappa shape index (κ3) is 45.6. The Hall–Kier alpha value is -0.714. The first kappa shape index (κ1) is 48.3. The van der Waals surface area contributed by atoms with Gasteiger partial charge in [-0.05, 0) is 0 Å². The molecule has 0 unspecified atom stereocenters. The second kappa shape index (κ2) is 22.8. The predicted molar refractivity (Wildman–Crippen MR) is 38.4 cm³/mol. The van der Waals surface area contributed by atoms with Crippen LogP contribution in [0.4, 0.5) is 0 Å². The topological polar surface area (TPSA) is 214 Å². The third-order valence-electron chi connectivity index (χ3n) is 0.206. The van der Waals surface area contributed by atoms with Gasteiger partial charge in [-0.2, -0.15) is 0 Å². The summed E-state index contributed by atoms with van der Waals surface area (Å²) in [5.41, 5.74) is 0. The zero-order chi connectivity index (χ0) is 5.15. The summed E-state index contributed by atoms with van der Waals surface area (Å²) in [4.78, 5) is 18.5. The van der Waals surface area contributed by atoms with Crippen LogP contribution in [0.5, 0.6) is 0 Å². The van der Waals surface area contributed by atoms with Crippen LogP contribution in [0.2, 0.25) is 0 Å². The Bertz CT molecular complexity index is 86.1. The number of carbonyl (C=O) groups is 2. The Morgan fingerprint density at radius 3 is 0.818 bits per heavy atom. The molecule has 0 bridgehead atoms. The maximum absolute atomic E-state index is 9.27. The van der Waals surface area contributed by atoms with Gasteiger partial charge in [0.15, 0.2) is 0 Å². The van der Waals surface area contributed by atoms with Crippen molar-refractivity contribution in [2.45, 2.75) is 0 Å². The number of rotatable bonds is 0. The van der Waals surface area contributed by atoms with Crippen LogP contribution in [-0.2, 0) is 26.4 Å². The van der Waals surface area contributed by atoms with Gasteiger partial charge >= 0.3 is 28.7 Å². The van der Waals surface area contributed by atoms with E-state index in [9.17, 15) is 9.59 Å². The smallest absolute Gasteiger partial charge is 0.693 e. The molecule has 0 fully saturated rings. The van der Waals surface area contributed by atoms with Gasteiger partial charge in [-0.25, -0.2) is 0 Å². The Labute approximate surface area is 73.9 Å². The van der Waals surface area contributed by atoms with Crippen LogP contribution in [-0.4, -0.2) is 22.2 Å². The van der Waals surface area contributed by atoms with Crippen molar-refractivity contribution in [3.05, 3.63) is 24.6 Å². The Kier molecular flexibility index (Phi) is 100. The quantitative estimate of drug-likeness (QED) is 0.412. The van der Waals surface area contributed by atoms with Crippen molar-refractivity contribution in [1.82, 2.24) is 0 Å². The van der Waals surface area contributed by atoms with Gasteiger partial charge in [0.2, 0.25) is 0 Å². The van der Waals surface area contributed by atoms with Crippen molar-refractivity contribution in [2.75, 3.05) is 0 Å². The molecule has 0 rings (SSSR count). The van der Waals surface area contributed by atoms with Gasteiger partial charge in [-0.1, -0.05) is 0 Å².